The highest BCUT2D eigenvalue weighted by molar-refractivity contribution is 5.52. The van der Waals surface area contributed by atoms with Gasteiger partial charge in [-0.1, -0.05) is 12.8 Å². The first-order valence-corrected chi connectivity index (χ1v) is 6.76. The monoisotopic (exact) mass is 265 g/mol. The van der Waals surface area contributed by atoms with Crippen molar-refractivity contribution in [3.05, 3.63) is 17.7 Å². The molecule has 1 atom stereocenters. The number of benzene rings is 1. The quantitative estimate of drug-likeness (QED) is 0.889. The topological polar surface area (TPSA) is 53.7 Å². The minimum atomic E-state index is -0.0432. The van der Waals surface area contributed by atoms with Crippen LogP contribution < -0.4 is 19.9 Å². The van der Waals surface area contributed by atoms with E-state index in [0.717, 1.165) is 22.8 Å². The zero-order chi connectivity index (χ0) is 13.8. The molecule has 2 rings (SSSR count). The van der Waals surface area contributed by atoms with Gasteiger partial charge < -0.3 is 19.9 Å². The van der Waals surface area contributed by atoms with Crippen molar-refractivity contribution < 1.29 is 14.2 Å². The second-order valence-corrected chi connectivity index (χ2v) is 5.02. The van der Waals surface area contributed by atoms with Crippen molar-refractivity contribution in [1.29, 1.82) is 0 Å². The van der Waals surface area contributed by atoms with E-state index < -0.39 is 0 Å². The van der Waals surface area contributed by atoms with Crippen molar-refractivity contribution in [3.63, 3.8) is 0 Å². The maximum atomic E-state index is 6.44. The fourth-order valence-electron chi connectivity index (χ4n) is 2.91. The average Bonchev–Trinajstić information content (AvgIpc) is 2.99. The smallest absolute Gasteiger partial charge is 0.131 e. The standard InChI is InChI=1S/C15H23NO3/c1-17-11-8-12(18-2)14(13(9-11)19-3)15(16)10-6-4-5-7-10/h8-10,15H,4-7,16H2,1-3H3/t15-/m1/s1. The number of ether oxygens (including phenoxy) is 3. The number of hydrogen-bond acceptors (Lipinski definition) is 4. The molecule has 0 radical (unpaired) electrons. The summed E-state index contributed by atoms with van der Waals surface area (Å²) in [5.74, 6) is 2.72. The molecule has 0 unspecified atom stereocenters. The summed E-state index contributed by atoms with van der Waals surface area (Å²) < 4.78 is 16.2. The first kappa shape index (κ1) is 14.0. The predicted molar refractivity (Wildman–Crippen MR) is 75.0 cm³/mol. The van der Waals surface area contributed by atoms with Gasteiger partial charge in [-0.05, 0) is 18.8 Å². The Labute approximate surface area is 114 Å². The summed E-state index contributed by atoms with van der Waals surface area (Å²) in [4.78, 5) is 0. The van der Waals surface area contributed by atoms with Crippen molar-refractivity contribution in [1.82, 2.24) is 0 Å². The van der Waals surface area contributed by atoms with E-state index >= 15 is 0 Å². The van der Waals surface area contributed by atoms with Crippen LogP contribution in [-0.2, 0) is 0 Å². The zero-order valence-electron chi connectivity index (χ0n) is 11.9. The number of hydrogen-bond donors (Lipinski definition) is 1. The van der Waals surface area contributed by atoms with Crippen LogP contribution >= 0.6 is 0 Å². The molecule has 1 aliphatic rings. The van der Waals surface area contributed by atoms with Crippen molar-refractivity contribution in [2.45, 2.75) is 31.7 Å². The minimum Gasteiger partial charge on any atom is -0.496 e. The van der Waals surface area contributed by atoms with Gasteiger partial charge in [0, 0.05) is 18.2 Å². The van der Waals surface area contributed by atoms with Gasteiger partial charge in [0.2, 0.25) is 0 Å². The Kier molecular flexibility index (Phi) is 4.53. The average molecular weight is 265 g/mol. The van der Waals surface area contributed by atoms with Crippen LogP contribution in [0.1, 0.15) is 37.3 Å². The Morgan fingerprint density at radius 3 is 1.95 bits per heavy atom. The summed E-state index contributed by atoms with van der Waals surface area (Å²) in [6.07, 6.45) is 4.89. The highest BCUT2D eigenvalue weighted by atomic mass is 16.5. The summed E-state index contributed by atoms with van der Waals surface area (Å²) in [5, 5.41) is 0. The molecule has 1 aromatic rings. The van der Waals surface area contributed by atoms with Gasteiger partial charge in [-0.3, -0.25) is 0 Å². The zero-order valence-corrected chi connectivity index (χ0v) is 11.9. The lowest BCUT2D eigenvalue weighted by Gasteiger charge is -2.24. The third kappa shape index (κ3) is 2.78. The maximum Gasteiger partial charge on any atom is 0.131 e. The van der Waals surface area contributed by atoms with E-state index in [1.807, 2.05) is 12.1 Å². The van der Waals surface area contributed by atoms with E-state index in [0.29, 0.717) is 5.92 Å². The highest BCUT2D eigenvalue weighted by Crippen LogP contribution is 2.43. The Hall–Kier alpha value is -1.42. The molecule has 1 aromatic carbocycles. The molecule has 0 heterocycles. The fourth-order valence-corrected chi connectivity index (χ4v) is 2.91. The van der Waals surface area contributed by atoms with Gasteiger partial charge in [0.15, 0.2) is 0 Å². The SMILES string of the molecule is COc1cc(OC)c([C@H](N)C2CCCC2)c(OC)c1. The first-order chi connectivity index (χ1) is 9.21. The molecule has 2 N–H and O–H groups in total. The predicted octanol–water partition coefficient (Wildman–Crippen LogP) is 2.90. The second-order valence-electron chi connectivity index (χ2n) is 5.02. The van der Waals surface area contributed by atoms with E-state index in [1.165, 1.54) is 25.7 Å². The van der Waals surface area contributed by atoms with E-state index in [1.54, 1.807) is 21.3 Å². The fraction of sp³-hybridized carbons (Fsp3) is 0.600. The molecule has 4 heteroatoms. The second kappa shape index (κ2) is 6.15. The van der Waals surface area contributed by atoms with Gasteiger partial charge in [0.1, 0.15) is 17.2 Å². The number of rotatable bonds is 5. The van der Waals surface area contributed by atoms with Crippen LogP contribution in [0.2, 0.25) is 0 Å². The van der Waals surface area contributed by atoms with Gasteiger partial charge >= 0.3 is 0 Å². The van der Waals surface area contributed by atoms with Crippen molar-refractivity contribution in [2.24, 2.45) is 11.7 Å². The van der Waals surface area contributed by atoms with E-state index in [-0.39, 0.29) is 6.04 Å². The van der Waals surface area contributed by atoms with Crippen molar-refractivity contribution >= 4 is 0 Å². The molecule has 1 aliphatic carbocycles. The van der Waals surface area contributed by atoms with Gasteiger partial charge in [0.05, 0.1) is 26.9 Å². The molecule has 19 heavy (non-hydrogen) atoms. The summed E-state index contributed by atoms with van der Waals surface area (Å²) in [6.45, 7) is 0. The Bertz CT molecular complexity index is 402. The van der Waals surface area contributed by atoms with Gasteiger partial charge in [-0.2, -0.15) is 0 Å². The Morgan fingerprint density at radius 1 is 1.00 bits per heavy atom. The van der Waals surface area contributed by atoms with Gasteiger partial charge in [-0.25, -0.2) is 0 Å². The minimum absolute atomic E-state index is 0.0432. The van der Waals surface area contributed by atoms with Gasteiger partial charge in [-0.15, -0.1) is 0 Å². The Balaban J connectivity index is 2.40. The number of nitrogens with two attached hydrogens (primary N) is 1. The largest absolute Gasteiger partial charge is 0.496 e. The summed E-state index contributed by atoms with van der Waals surface area (Å²) in [6, 6.07) is 3.69. The lowest BCUT2D eigenvalue weighted by molar-refractivity contribution is 0.348. The van der Waals surface area contributed by atoms with Crippen LogP contribution in [0.4, 0.5) is 0 Å². The van der Waals surface area contributed by atoms with E-state index in [2.05, 4.69) is 0 Å². The van der Waals surface area contributed by atoms with E-state index in [9.17, 15) is 0 Å². The van der Waals surface area contributed by atoms with Crippen LogP contribution in [0.15, 0.2) is 12.1 Å². The van der Waals surface area contributed by atoms with Crippen LogP contribution in [0.25, 0.3) is 0 Å². The lowest BCUT2D eigenvalue weighted by Crippen LogP contribution is -2.20. The molecule has 1 saturated carbocycles. The Morgan fingerprint density at radius 2 is 1.53 bits per heavy atom. The maximum absolute atomic E-state index is 6.44. The molecule has 1 fully saturated rings. The number of methoxy groups -OCH3 is 3. The highest BCUT2D eigenvalue weighted by Gasteiger charge is 2.28. The molecule has 0 spiro atoms. The molecule has 106 valence electrons. The van der Waals surface area contributed by atoms with Crippen LogP contribution in [-0.4, -0.2) is 21.3 Å². The summed E-state index contributed by atoms with van der Waals surface area (Å²) >= 11 is 0. The molecular formula is C15H23NO3. The van der Waals surface area contributed by atoms with E-state index in [4.69, 9.17) is 19.9 Å². The van der Waals surface area contributed by atoms with Crippen LogP contribution in [0, 0.1) is 5.92 Å². The summed E-state index contributed by atoms with van der Waals surface area (Å²) in [5.41, 5.74) is 7.40. The van der Waals surface area contributed by atoms with Crippen LogP contribution in [0.3, 0.4) is 0 Å². The molecule has 0 bridgehead atoms. The molecule has 0 aromatic heterocycles. The third-order valence-electron chi connectivity index (χ3n) is 3.99. The molecule has 0 amide bonds. The van der Waals surface area contributed by atoms with Crippen molar-refractivity contribution in [3.8, 4) is 17.2 Å². The van der Waals surface area contributed by atoms with Gasteiger partial charge in [0.25, 0.3) is 0 Å². The lowest BCUT2D eigenvalue weighted by atomic mass is 9.91. The van der Waals surface area contributed by atoms with Crippen molar-refractivity contribution in [2.75, 3.05) is 21.3 Å². The third-order valence-corrected chi connectivity index (χ3v) is 3.99. The normalized spacial score (nSPS) is 17.3. The van der Waals surface area contributed by atoms with Crippen LogP contribution in [0.5, 0.6) is 17.2 Å². The first-order valence-electron chi connectivity index (χ1n) is 6.76. The molecule has 4 nitrogen and oxygen atoms in total. The summed E-state index contributed by atoms with van der Waals surface area (Å²) in [7, 11) is 4.93. The molecular weight excluding hydrogens is 242 g/mol. The molecule has 0 aliphatic heterocycles. The molecule has 0 saturated heterocycles.